The summed E-state index contributed by atoms with van der Waals surface area (Å²) in [5.41, 5.74) is 6.62. The third-order valence-electron chi connectivity index (χ3n) is 3.66. The van der Waals surface area contributed by atoms with Crippen molar-refractivity contribution in [3.8, 4) is 17.2 Å². The van der Waals surface area contributed by atoms with Gasteiger partial charge in [0.2, 0.25) is 0 Å². The molecular formula is C20H24N2O5. The molecule has 2 aromatic carbocycles. The zero-order chi connectivity index (χ0) is 19.6. The van der Waals surface area contributed by atoms with E-state index in [0.29, 0.717) is 36.6 Å². The van der Waals surface area contributed by atoms with Crippen molar-refractivity contribution in [3.05, 3.63) is 53.6 Å². The molecule has 0 aliphatic heterocycles. The molecular weight excluding hydrogens is 348 g/mol. The average Bonchev–Trinajstić information content (AvgIpc) is 2.65. The van der Waals surface area contributed by atoms with Crippen LogP contribution in [0.4, 0.5) is 0 Å². The van der Waals surface area contributed by atoms with Crippen LogP contribution < -0.4 is 25.3 Å². The molecule has 0 heterocycles. The molecule has 27 heavy (non-hydrogen) atoms. The summed E-state index contributed by atoms with van der Waals surface area (Å²) in [5, 5.41) is 2.83. The maximum atomic E-state index is 12.2. The van der Waals surface area contributed by atoms with E-state index in [1.54, 1.807) is 18.2 Å². The standard InChI is InChI=1S/C20H24N2O5/c1-14-5-3-6-16(11-14)26-10-4-9-22-20(24)15-7-8-17(18(12-15)25-2)27-13-19(21)23/h3,5-8,11-12H,4,9-10,13H2,1-2H3,(H2,21,23)(H,22,24). The van der Waals surface area contributed by atoms with Crippen LogP contribution in [0.1, 0.15) is 22.3 Å². The van der Waals surface area contributed by atoms with Crippen LogP contribution in [0, 0.1) is 6.92 Å². The number of ether oxygens (including phenoxy) is 3. The summed E-state index contributed by atoms with van der Waals surface area (Å²) >= 11 is 0. The second-order valence-corrected chi connectivity index (χ2v) is 5.90. The first kappa shape index (κ1) is 20.1. The summed E-state index contributed by atoms with van der Waals surface area (Å²) < 4.78 is 16.1. The van der Waals surface area contributed by atoms with Gasteiger partial charge in [-0.2, -0.15) is 0 Å². The molecule has 144 valence electrons. The minimum absolute atomic E-state index is 0.231. The van der Waals surface area contributed by atoms with Crippen LogP contribution in [-0.2, 0) is 4.79 Å². The highest BCUT2D eigenvalue weighted by molar-refractivity contribution is 5.94. The quantitative estimate of drug-likeness (QED) is 0.622. The number of methoxy groups -OCH3 is 1. The number of carbonyl (C=O) groups excluding carboxylic acids is 2. The molecule has 7 heteroatoms. The van der Waals surface area contributed by atoms with Crippen molar-refractivity contribution < 1.29 is 23.8 Å². The van der Waals surface area contributed by atoms with Gasteiger partial charge in [0.05, 0.1) is 13.7 Å². The predicted molar refractivity (Wildman–Crippen MR) is 101 cm³/mol. The molecule has 0 radical (unpaired) electrons. The summed E-state index contributed by atoms with van der Waals surface area (Å²) in [6.07, 6.45) is 0.677. The molecule has 3 N–H and O–H groups in total. The van der Waals surface area contributed by atoms with Gasteiger partial charge in [0.15, 0.2) is 18.1 Å². The smallest absolute Gasteiger partial charge is 0.255 e. The molecule has 0 saturated carbocycles. The van der Waals surface area contributed by atoms with Gasteiger partial charge in [-0.05, 0) is 49.2 Å². The number of rotatable bonds is 10. The Morgan fingerprint density at radius 2 is 1.89 bits per heavy atom. The normalized spacial score (nSPS) is 10.1. The lowest BCUT2D eigenvalue weighted by Crippen LogP contribution is -2.25. The van der Waals surface area contributed by atoms with Crippen molar-refractivity contribution in [2.75, 3.05) is 26.9 Å². The first-order valence-electron chi connectivity index (χ1n) is 8.56. The number of hydrogen-bond acceptors (Lipinski definition) is 5. The zero-order valence-corrected chi connectivity index (χ0v) is 15.5. The summed E-state index contributed by atoms with van der Waals surface area (Å²) in [4.78, 5) is 23.1. The third-order valence-corrected chi connectivity index (χ3v) is 3.66. The van der Waals surface area contributed by atoms with E-state index in [9.17, 15) is 9.59 Å². The van der Waals surface area contributed by atoms with E-state index in [4.69, 9.17) is 19.9 Å². The Morgan fingerprint density at radius 1 is 1.07 bits per heavy atom. The van der Waals surface area contributed by atoms with Gasteiger partial charge in [0.1, 0.15) is 5.75 Å². The molecule has 0 aliphatic rings. The Morgan fingerprint density at radius 3 is 2.59 bits per heavy atom. The second-order valence-electron chi connectivity index (χ2n) is 5.90. The topological polar surface area (TPSA) is 99.9 Å². The fourth-order valence-corrected chi connectivity index (χ4v) is 2.35. The summed E-state index contributed by atoms with van der Waals surface area (Å²) in [7, 11) is 1.46. The van der Waals surface area contributed by atoms with Gasteiger partial charge in [-0.25, -0.2) is 0 Å². The molecule has 2 rings (SSSR count). The van der Waals surface area contributed by atoms with Crippen molar-refractivity contribution in [1.29, 1.82) is 0 Å². The number of amides is 2. The second kappa shape index (κ2) is 10.1. The molecule has 0 aromatic heterocycles. The molecule has 7 nitrogen and oxygen atoms in total. The predicted octanol–water partition coefficient (Wildman–Crippen LogP) is 2.07. The van der Waals surface area contributed by atoms with E-state index in [2.05, 4.69) is 5.32 Å². The maximum absolute atomic E-state index is 12.2. The SMILES string of the molecule is COc1cc(C(=O)NCCCOc2cccc(C)c2)ccc1OCC(N)=O. The first-order valence-corrected chi connectivity index (χ1v) is 8.56. The third kappa shape index (κ3) is 6.54. The van der Waals surface area contributed by atoms with E-state index in [1.165, 1.54) is 7.11 Å². The highest BCUT2D eigenvalue weighted by Gasteiger charge is 2.11. The number of benzene rings is 2. The lowest BCUT2D eigenvalue weighted by atomic mass is 10.2. The monoisotopic (exact) mass is 372 g/mol. The lowest BCUT2D eigenvalue weighted by molar-refractivity contribution is -0.119. The number of hydrogen-bond donors (Lipinski definition) is 2. The Labute approximate surface area is 158 Å². The molecule has 0 unspecified atom stereocenters. The van der Waals surface area contributed by atoms with Crippen molar-refractivity contribution >= 4 is 11.8 Å². The fourth-order valence-electron chi connectivity index (χ4n) is 2.35. The molecule has 0 bridgehead atoms. The summed E-state index contributed by atoms with van der Waals surface area (Å²) in [6.45, 7) is 2.73. The molecule has 0 saturated heterocycles. The van der Waals surface area contributed by atoms with Crippen LogP contribution in [0.5, 0.6) is 17.2 Å². The van der Waals surface area contributed by atoms with Gasteiger partial charge in [-0.15, -0.1) is 0 Å². The molecule has 2 amide bonds. The zero-order valence-electron chi connectivity index (χ0n) is 15.5. The molecule has 0 fully saturated rings. The number of carbonyl (C=O) groups is 2. The van der Waals surface area contributed by atoms with Crippen LogP contribution >= 0.6 is 0 Å². The van der Waals surface area contributed by atoms with Crippen molar-refractivity contribution in [2.45, 2.75) is 13.3 Å². The van der Waals surface area contributed by atoms with E-state index in [-0.39, 0.29) is 12.5 Å². The highest BCUT2D eigenvalue weighted by Crippen LogP contribution is 2.28. The highest BCUT2D eigenvalue weighted by atomic mass is 16.5. The van der Waals surface area contributed by atoms with Crippen LogP contribution in [0.2, 0.25) is 0 Å². The Bertz CT molecular complexity index is 792. The van der Waals surface area contributed by atoms with E-state index in [1.807, 2.05) is 31.2 Å². The number of nitrogens with one attached hydrogen (secondary N) is 1. The van der Waals surface area contributed by atoms with E-state index >= 15 is 0 Å². The lowest BCUT2D eigenvalue weighted by Gasteiger charge is -2.11. The van der Waals surface area contributed by atoms with Crippen molar-refractivity contribution in [2.24, 2.45) is 5.73 Å². The molecule has 2 aromatic rings. The largest absolute Gasteiger partial charge is 0.494 e. The summed E-state index contributed by atoms with van der Waals surface area (Å²) in [5.74, 6) is 0.695. The maximum Gasteiger partial charge on any atom is 0.255 e. The van der Waals surface area contributed by atoms with Crippen molar-refractivity contribution in [1.82, 2.24) is 5.32 Å². The molecule has 0 aliphatic carbocycles. The number of nitrogens with two attached hydrogens (primary N) is 1. The van der Waals surface area contributed by atoms with Crippen LogP contribution in [0.25, 0.3) is 0 Å². The Balaban J connectivity index is 1.80. The molecule has 0 spiro atoms. The van der Waals surface area contributed by atoms with Crippen LogP contribution in [-0.4, -0.2) is 38.7 Å². The van der Waals surface area contributed by atoms with E-state index < -0.39 is 5.91 Å². The Kier molecular flexibility index (Phi) is 7.49. The minimum atomic E-state index is -0.591. The number of primary amides is 1. The van der Waals surface area contributed by atoms with Gasteiger partial charge >= 0.3 is 0 Å². The van der Waals surface area contributed by atoms with Gasteiger partial charge in [-0.3, -0.25) is 9.59 Å². The van der Waals surface area contributed by atoms with Gasteiger partial charge in [-0.1, -0.05) is 12.1 Å². The van der Waals surface area contributed by atoms with Gasteiger partial charge < -0.3 is 25.3 Å². The summed E-state index contributed by atoms with van der Waals surface area (Å²) in [6, 6.07) is 12.5. The molecule has 0 atom stereocenters. The van der Waals surface area contributed by atoms with E-state index in [0.717, 1.165) is 11.3 Å². The van der Waals surface area contributed by atoms with Crippen LogP contribution in [0.15, 0.2) is 42.5 Å². The number of aryl methyl sites for hydroxylation is 1. The van der Waals surface area contributed by atoms with Crippen molar-refractivity contribution in [3.63, 3.8) is 0 Å². The average molecular weight is 372 g/mol. The van der Waals surface area contributed by atoms with Gasteiger partial charge in [0, 0.05) is 12.1 Å². The minimum Gasteiger partial charge on any atom is -0.494 e. The fraction of sp³-hybridized carbons (Fsp3) is 0.300. The Hall–Kier alpha value is -3.22. The van der Waals surface area contributed by atoms with Crippen LogP contribution in [0.3, 0.4) is 0 Å². The van der Waals surface area contributed by atoms with Gasteiger partial charge in [0.25, 0.3) is 11.8 Å². The first-order chi connectivity index (χ1) is 13.0.